The fourth-order valence-electron chi connectivity index (χ4n) is 2.31. The monoisotopic (exact) mass is 421 g/mol. The molecule has 0 bridgehead atoms. The second kappa shape index (κ2) is 10.6. The van der Waals surface area contributed by atoms with Gasteiger partial charge in [-0.05, 0) is 42.3 Å². The number of nitrogens with one attached hydrogen (secondary N) is 3. The fourth-order valence-corrected chi connectivity index (χ4v) is 3.05. The first kappa shape index (κ1) is 22.4. The quantitative estimate of drug-likeness (QED) is 0.474. The molecule has 6 nitrogen and oxygen atoms in total. The maximum atomic E-state index is 13.5. The van der Waals surface area contributed by atoms with Crippen LogP contribution in [0.25, 0.3) is 0 Å². The number of carbonyl (C=O) groups is 3. The molecule has 0 aliphatic carbocycles. The summed E-state index contributed by atoms with van der Waals surface area (Å²) in [5.41, 5.74) is 4.71. The predicted molar refractivity (Wildman–Crippen MR) is 106 cm³/mol. The number of hydrazine groups is 1. The van der Waals surface area contributed by atoms with E-state index in [0.717, 1.165) is 23.9 Å². The van der Waals surface area contributed by atoms with Crippen molar-refractivity contribution in [3.63, 3.8) is 0 Å². The summed E-state index contributed by atoms with van der Waals surface area (Å²) >= 11 is 0.992. The largest absolute Gasteiger partial charge is 0.340 e. The van der Waals surface area contributed by atoms with Gasteiger partial charge in [-0.15, -0.1) is 11.8 Å². The lowest BCUT2D eigenvalue weighted by molar-refractivity contribution is -0.129. The number of carbonyl (C=O) groups excluding carboxylic acids is 3. The van der Waals surface area contributed by atoms with E-state index in [0.29, 0.717) is 4.90 Å². The highest BCUT2D eigenvalue weighted by Crippen LogP contribution is 2.20. The van der Waals surface area contributed by atoms with E-state index in [-0.39, 0.29) is 17.2 Å². The number of benzene rings is 2. The molecule has 9 heteroatoms. The molecule has 1 atom stereocenters. The van der Waals surface area contributed by atoms with Gasteiger partial charge in [0, 0.05) is 10.5 Å². The molecule has 0 aromatic heterocycles. The lowest BCUT2D eigenvalue weighted by Gasteiger charge is -2.22. The van der Waals surface area contributed by atoms with Gasteiger partial charge in [0.2, 0.25) is 5.91 Å². The normalized spacial score (nSPS) is 11.6. The van der Waals surface area contributed by atoms with Crippen molar-refractivity contribution in [2.45, 2.75) is 24.8 Å². The van der Waals surface area contributed by atoms with E-state index in [1.54, 1.807) is 32.0 Å². The van der Waals surface area contributed by atoms with E-state index in [2.05, 4.69) is 16.2 Å². The minimum absolute atomic E-state index is 0.102. The van der Waals surface area contributed by atoms with Crippen molar-refractivity contribution in [3.8, 4) is 0 Å². The van der Waals surface area contributed by atoms with Crippen molar-refractivity contribution in [1.82, 2.24) is 16.2 Å². The summed E-state index contributed by atoms with van der Waals surface area (Å²) in [5.74, 6) is -2.97. The molecular weight excluding hydrogens is 400 g/mol. The highest BCUT2D eigenvalue weighted by molar-refractivity contribution is 8.00. The zero-order chi connectivity index (χ0) is 21.4. The molecule has 2 aromatic rings. The van der Waals surface area contributed by atoms with Gasteiger partial charge in [0.1, 0.15) is 17.7 Å². The van der Waals surface area contributed by atoms with Crippen LogP contribution in [-0.4, -0.2) is 29.5 Å². The molecule has 3 N–H and O–H groups in total. The lowest BCUT2D eigenvalue weighted by Crippen LogP contribution is -2.54. The van der Waals surface area contributed by atoms with Crippen LogP contribution in [0.15, 0.2) is 53.4 Å². The van der Waals surface area contributed by atoms with Crippen molar-refractivity contribution in [1.29, 1.82) is 0 Å². The van der Waals surface area contributed by atoms with Crippen molar-refractivity contribution < 1.29 is 23.2 Å². The van der Waals surface area contributed by atoms with E-state index in [1.165, 1.54) is 18.2 Å². The molecule has 0 heterocycles. The van der Waals surface area contributed by atoms with Crippen LogP contribution in [0.3, 0.4) is 0 Å². The third-order valence-corrected chi connectivity index (χ3v) is 4.91. The summed E-state index contributed by atoms with van der Waals surface area (Å²) in [6.45, 7) is 3.45. The molecule has 0 aliphatic rings. The number of amides is 3. The van der Waals surface area contributed by atoms with E-state index in [1.807, 2.05) is 0 Å². The van der Waals surface area contributed by atoms with Gasteiger partial charge in [0.05, 0.1) is 5.75 Å². The Kier molecular flexibility index (Phi) is 8.14. The Labute approximate surface area is 171 Å². The maximum Gasteiger partial charge on any atom is 0.261 e. The zero-order valence-electron chi connectivity index (χ0n) is 15.9. The molecule has 0 spiro atoms. The second-order valence-electron chi connectivity index (χ2n) is 6.46. The molecule has 29 heavy (non-hydrogen) atoms. The highest BCUT2D eigenvalue weighted by Gasteiger charge is 2.25. The predicted octanol–water partition coefficient (Wildman–Crippen LogP) is 2.66. The zero-order valence-corrected chi connectivity index (χ0v) is 16.7. The Morgan fingerprint density at radius 1 is 0.966 bits per heavy atom. The number of hydrogen-bond donors (Lipinski definition) is 3. The Bertz CT molecular complexity index is 876. The first-order valence-corrected chi connectivity index (χ1v) is 9.79. The van der Waals surface area contributed by atoms with E-state index in [9.17, 15) is 23.2 Å². The lowest BCUT2D eigenvalue weighted by atomic mass is 10.0. The molecule has 3 amide bonds. The van der Waals surface area contributed by atoms with Crippen LogP contribution in [0.4, 0.5) is 8.78 Å². The molecule has 2 rings (SSSR count). The number of halogens is 2. The van der Waals surface area contributed by atoms with Crippen molar-refractivity contribution in [2.24, 2.45) is 5.92 Å². The molecule has 154 valence electrons. The van der Waals surface area contributed by atoms with Gasteiger partial charge >= 0.3 is 0 Å². The Balaban J connectivity index is 1.87. The first-order valence-electron chi connectivity index (χ1n) is 8.80. The highest BCUT2D eigenvalue weighted by atomic mass is 32.2. The Morgan fingerprint density at radius 2 is 1.62 bits per heavy atom. The third-order valence-electron chi connectivity index (χ3n) is 3.86. The summed E-state index contributed by atoms with van der Waals surface area (Å²) in [7, 11) is 0. The van der Waals surface area contributed by atoms with Crippen LogP contribution in [0, 0.1) is 17.6 Å². The number of hydrogen-bond acceptors (Lipinski definition) is 4. The van der Waals surface area contributed by atoms with Crippen LogP contribution in [0.1, 0.15) is 24.2 Å². The maximum absolute atomic E-state index is 13.5. The number of rotatable bonds is 7. The van der Waals surface area contributed by atoms with Gasteiger partial charge < -0.3 is 5.32 Å². The smallest absolute Gasteiger partial charge is 0.261 e. The average Bonchev–Trinajstić information content (AvgIpc) is 2.69. The van der Waals surface area contributed by atoms with Crippen molar-refractivity contribution in [2.75, 3.05) is 5.75 Å². The molecule has 0 unspecified atom stereocenters. The third kappa shape index (κ3) is 6.86. The summed E-state index contributed by atoms with van der Waals surface area (Å²) in [4.78, 5) is 36.9. The van der Waals surface area contributed by atoms with E-state index in [4.69, 9.17) is 0 Å². The van der Waals surface area contributed by atoms with Crippen LogP contribution >= 0.6 is 11.8 Å². The minimum Gasteiger partial charge on any atom is -0.340 e. The summed E-state index contributed by atoms with van der Waals surface area (Å²) in [6, 6.07) is 10.0. The van der Waals surface area contributed by atoms with Crippen LogP contribution < -0.4 is 16.2 Å². The molecule has 0 radical (unpaired) electrons. The van der Waals surface area contributed by atoms with Crippen LogP contribution in [-0.2, 0) is 9.59 Å². The average molecular weight is 421 g/mol. The molecular formula is C20H21F2N3O3S. The molecule has 0 saturated carbocycles. The van der Waals surface area contributed by atoms with Crippen molar-refractivity contribution >= 4 is 29.5 Å². The van der Waals surface area contributed by atoms with Crippen LogP contribution in [0.5, 0.6) is 0 Å². The summed E-state index contributed by atoms with van der Waals surface area (Å²) < 4.78 is 26.5. The van der Waals surface area contributed by atoms with Gasteiger partial charge in [-0.3, -0.25) is 25.2 Å². The minimum atomic E-state index is -0.924. The second-order valence-corrected chi connectivity index (χ2v) is 7.48. The summed E-state index contributed by atoms with van der Waals surface area (Å²) in [5, 5.41) is 2.56. The Hall–Kier alpha value is -2.94. The van der Waals surface area contributed by atoms with Gasteiger partial charge in [0.25, 0.3) is 11.8 Å². The van der Waals surface area contributed by atoms with Gasteiger partial charge in [-0.1, -0.05) is 26.0 Å². The van der Waals surface area contributed by atoms with Crippen LogP contribution in [0.2, 0.25) is 0 Å². The number of thioether (sulfide) groups is 1. The SMILES string of the molecule is CC(C)[C@H](NC(=O)c1ccc(F)cc1)C(=O)NNC(=O)CSc1ccccc1F. The van der Waals surface area contributed by atoms with Gasteiger partial charge in [-0.2, -0.15) is 0 Å². The van der Waals surface area contributed by atoms with E-state index < -0.39 is 35.4 Å². The van der Waals surface area contributed by atoms with Gasteiger partial charge in [-0.25, -0.2) is 8.78 Å². The molecule has 0 saturated heterocycles. The first-order chi connectivity index (χ1) is 13.8. The molecule has 0 fully saturated rings. The topological polar surface area (TPSA) is 87.3 Å². The Morgan fingerprint density at radius 3 is 2.24 bits per heavy atom. The van der Waals surface area contributed by atoms with Crippen molar-refractivity contribution in [3.05, 3.63) is 65.7 Å². The molecule has 2 aromatic carbocycles. The van der Waals surface area contributed by atoms with Gasteiger partial charge in [0.15, 0.2) is 0 Å². The molecule has 0 aliphatic heterocycles. The fraction of sp³-hybridized carbons (Fsp3) is 0.250. The van der Waals surface area contributed by atoms with E-state index >= 15 is 0 Å². The standard InChI is InChI=1S/C20H21F2N3O3S/c1-12(2)18(23-19(27)13-7-9-14(21)10-8-13)20(28)25-24-17(26)11-29-16-6-4-3-5-15(16)22/h3-10,12,18H,11H2,1-2H3,(H,23,27)(H,24,26)(H,25,28)/t18-/m0/s1. The summed E-state index contributed by atoms with van der Waals surface area (Å²) in [6.07, 6.45) is 0.